The molecule has 1 N–H and O–H groups in total. The van der Waals surface area contributed by atoms with E-state index in [4.69, 9.17) is 4.74 Å². The minimum atomic E-state index is -0.535. The van der Waals surface area contributed by atoms with Gasteiger partial charge in [0.1, 0.15) is 17.6 Å². The van der Waals surface area contributed by atoms with Crippen LogP contribution in [0.25, 0.3) is 0 Å². The Hall–Kier alpha value is -2.05. The Labute approximate surface area is 154 Å². The zero-order chi connectivity index (χ0) is 17.1. The second-order valence-corrected chi connectivity index (χ2v) is 6.22. The number of aromatic nitrogens is 2. The van der Waals surface area contributed by atoms with Crippen molar-refractivity contribution >= 4 is 18.3 Å². The molecule has 136 valence electrons. The summed E-state index contributed by atoms with van der Waals surface area (Å²) in [6.45, 7) is 5.95. The summed E-state index contributed by atoms with van der Waals surface area (Å²) < 4.78 is 7.83. The normalized spacial score (nSPS) is 18.4. The molecule has 2 aromatic rings. The predicted octanol–water partition coefficient (Wildman–Crippen LogP) is 2.09. The highest BCUT2D eigenvalue weighted by atomic mass is 35.5. The number of carbonyl (C=O) groups excluding carboxylic acids is 1. The molecule has 1 aliphatic rings. The van der Waals surface area contributed by atoms with E-state index in [0.717, 1.165) is 23.7 Å². The summed E-state index contributed by atoms with van der Waals surface area (Å²) in [5, 5.41) is 3.34. The van der Waals surface area contributed by atoms with Crippen LogP contribution in [0.15, 0.2) is 36.7 Å². The first-order valence-electron chi connectivity index (χ1n) is 8.28. The van der Waals surface area contributed by atoms with Crippen molar-refractivity contribution in [2.75, 3.05) is 19.6 Å². The fraction of sp³-hybridized carbons (Fsp3) is 0.444. The van der Waals surface area contributed by atoms with E-state index in [2.05, 4.69) is 10.3 Å². The lowest BCUT2D eigenvalue weighted by Gasteiger charge is -2.37. The van der Waals surface area contributed by atoms with Crippen molar-refractivity contribution in [1.82, 2.24) is 19.8 Å². The highest BCUT2D eigenvalue weighted by molar-refractivity contribution is 5.85. The molecule has 25 heavy (non-hydrogen) atoms. The number of ether oxygens (including phenoxy) is 1. The second kappa shape index (κ2) is 8.36. The largest absolute Gasteiger partial charge is 0.481 e. The zero-order valence-electron chi connectivity index (χ0n) is 14.8. The number of imidazole rings is 1. The summed E-state index contributed by atoms with van der Waals surface area (Å²) >= 11 is 0. The van der Waals surface area contributed by atoms with E-state index < -0.39 is 6.10 Å². The Morgan fingerprint density at radius 2 is 2.24 bits per heavy atom. The number of carbonyl (C=O) groups is 1. The smallest absolute Gasteiger partial charge is 0.264 e. The van der Waals surface area contributed by atoms with E-state index >= 15 is 0 Å². The lowest BCUT2D eigenvalue weighted by Crippen LogP contribution is -2.52. The van der Waals surface area contributed by atoms with Gasteiger partial charge in [-0.3, -0.25) is 4.79 Å². The Bertz CT molecular complexity index is 719. The molecule has 0 bridgehead atoms. The van der Waals surface area contributed by atoms with Gasteiger partial charge in [0.2, 0.25) is 0 Å². The number of halogens is 1. The fourth-order valence-electron chi connectivity index (χ4n) is 3.07. The molecule has 1 aromatic heterocycles. The molecule has 1 aliphatic heterocycles. The minimum absolute atomic E-state index is 0. The first-order valence-corrected chi connectivity index (χ1v) is 8.28. The summed E-state index contributed by atoms with van der Waals surface area (Å²) in [4.78, 5) is 19.2. The van der Waals surface area contributed by atoms with Crippen molar-refractivity contribution < 1.29 is 9.53 Å². The molecule has 1 aromatic carbocycles. The van der Waals surface area contributed by atoms with Crippen molar-refractivity contribution in [1.29, 1.82) is 0 Å². The molecule has 0 aliphatic carbocycles. The molecular formula is C18H25ClN4O2. The lowest BCUT2D eigenvalue weighted by molar-refractivity contribution is -0.141. The maximum absolute atomic E-state index is 12.9. The standard InChI is InChI=1S/C18H24N4O2.ClH/c1-13-5-4-6-15(11-13)24-14(2)18(23)22-10-7-19-12-16(22)17-20-8-9-21(17)3;/h4-6,8-9,11,14,16,19H,7,10,12H2,1-3H3;1H. The third-order valence-corrected chi connectivity index (χ3v) is 4.33. The molecule has 2 heterocycles. The lowest BCUT2D eigenvalue weighted by atomic mass is 10.1. The van der Waals surface area contributed by atoms with E-state index in [0.29, 0.717) is 13.1 Å². The molecule has 1 saturated heterocycles. The topological polar surface area (TPSA) is 59.4 Å². The number of aryl methyl sites for hydroxylation is 2. The number of nitrogens with one attached hydrogen (secondary N) is 1. The van der Waals surface area contributed by atoms with Crippen LogP contribution in [0.4, 0.5) is 0 Å². The molecule has 1 fully saturated rings. The van der Waals surface area contributed by atoms with Crippen molar-refractivity contribution in [3.05, 3.63) is 48.0 Å². The van der Waals surface area contributed by atoms with Gasteiger partial charge in [0.05, 0.1) is 0 Å². The van der Waals surface area contributed by atoms with Gasteiger partial charge in [-0.15, -0.1) is 12.4 Å². The fourth-order valence-corrected chi connectivity index (χ4v) is 3.07. The van der Waals surface area contributed by atoms with Crippen LogP contribution >= 0.6 is 12.4 Å². The third-order valence-electron chi connectivity index (χ3n) is 4.33. The van der Waals surface area contributed by atoms with Crippen molar-refractivity contribution in [3.63, 3.8) is 0 Å². The Morgan fingerprint density at radius 3 is 2.92 bits per heavy atom. The zero-order valence-corrected chi connectivity index (χ0v) is 15.6. The van der Waals surface area contributed by atoms with Gasteiger partial charge in [0, 0.05) is 39.1 Å². The summed E-state index contributed by atoms with van der Waals surface area (Å²) in [5.41, 5.74) is 1.11. The van der Waals surface area contributed by atoms with Gasteiger partial charge in [-0.2, -0.15) is 0 Å². The predicted molar refractivity (Wildman–Crippen MR) is 99.0 cm³/mol. The van der Waals surface area contributed by atoms with E-state index in [-0.39, 0.29) is 24.4 Å². The van der Waals surface area contributed by atoms with Gasteiger partial charge in [-0.1, -0.05) is 12.1 Å². The van der Waals surface area contributed by atoms with Crippen LogP contribution in [0.2, 0.25) is 0 Å². The molecule has 1 amide bonds. The Morgan fingerprint density at radius 1 is 1.44 bits per heavy atom. The average molecular weight is 365 g/mol. The van der Waals surface area contributed by atoms with Crippen LogP contribution in [-0.4, -0.2) is 46.1 Å². The quantitative estimate of drug-likeness (QED) is 0.902. The SMILES string of the molecule is Cc1cccc(OC(C)C(=O)N2CCNCC2c2nccn2C)c1.Cl. The average Bonchev–Trinajstić information content (AvgIpc) is 3.00. The van der Waals surface area contributed by atoms with Gasteiger partial charge in [0.15, 0.2) is 6.10 Å². The van der Waals surface area contributed by atoms with Crippen molar-refractivity contribution in [3.8, 4) is 5.75 Å². The molecule has 3 rings (SSSR count). The molecule has 0 saturated carbocycles. The molecule has 2 unspecified atom stereocenters. The van der Waals surface area contributed by atoms with E-state index in [1.54, 1.807) is 6.20 Å². The van der Waals surface area contributed by atoms with Crippen LogP contribution in [0, 0.1) is 6.92 Å². The van der Waals surface area contributed by atoms with Crippen LogP contribution in [-0.2, 0) is 11.8 Å². The monoisotopic (exact) mass is 364 g/mol. The number of benzene rings is 1. The highest BCUT2D eigenvalue weighted by Gasteiger charge is 2.33. The van der Waals surface area contributed by atoms with Gasteiger partial charge < -0.3 is 19.5 Å². The maximum atomic E-state index is 12.9. The van der Waals surface area contributed by atoms with Crippen molar-refractivity contribution in [2.24, 2.45) is 7.05 Å². The summed E-state index contributed by atoms with van der Waals surface area (Å²) in [5.74, 6) is 1.60. The summed E-state index contributed by atoms with van der Waals surface area (Å²) in [6.07, 6.45) is 3.13. The highest BCUT2D eigenvalue weighted by Crippen LogP contribution is 2.23. The molecule has 6 nitrogen and oxygen atoms in total. The Kier molecular flexibility index (Phi) is 6.45. The van der Waals surface area contributed by atoms with E-state index in [9.17, 15) is 4.79 Å². The first kappa shape index (κ1) is 19.3. The molecular weight excluding hydrogens is 340 g/mol. The minimum Gasteiger partial charge on any atom is -0.481 e. The van der Waals surface area contributed by atoms with E-state index in [1.807, 2.05) is 60.8 Å². The van der Waals surface area contributed by atoms with Crippen LogP contribution in [0.1, 0.15) is 24.4 Å². The molecule has 2 atom stereocenters. The number of nitrogens with zero attached hydrogens (tertiary/aromatic N) is 3. The van der Waals surface area contributed by atoms with Gasteiger partial charge >= 0.3 is 0 Å². The van der Waals surface area contributed by atoms with Gasteiger partial charge in [0.25, 0.3) is 5.91 Å². The van der Waals surface area contributed by atoms with Crippen LogP contribution in [0.5, 0.6) is 5.75 Å². The van der Waals surface area contributed by atoms with Gasteiger partial charge in [-0.25, -0.2) is 4.98 Å². The first-order chi connectivity index (χ1) is 11.6. The van der Waals surface area contributed by atoms with Crippen molar-refractivity contribution in [2.45, 2.75) is 26.0 Å². The second-order valence-electron chi connectivity index (χ2n) is 6.22. The van der Waals surface area contributed by atoms with Crippen LogP contribution < -0.4 is 10.1 Å². The van der Waals surface area contributed by atoms with Crippen LogP contribution in [0.3, 0.4) is 0 Å². The number of hydrogen-bond acceptors (Lipinski definition) is 4. The number of amides is 1. The van der Waals surface area contributed by atoms with Gasteiger partial charge in [-0.05, 0) is 31.5 Å². The molecule has 0 spiro atoms. The summed E-state index contributed by atoms with van der Waals surface area (Å²) in [7, 11) is 1.95. The number of hydrogen-bond donors (Lipinski definition) is 1. The Balaban J connectivity index is 0.00000225. The molecule has 0 radical (unpaired) electrons. The number of piperazine rings is 1. The third kappa shape index (κ3) is 4.32. The molecule has 7 heteroatoms. The maximum Gasteiger partial charge on any atom is 0.264 e. The van der Waals surface area contributed by atoms with E-state index in [1.165, 1.54) is 0 Å². The summed E-state index contributed by atoms with van der Waals surface area (Å²) in [6, 6.07) is 7.69. The number of rotatable bonds is 4.